The second-order valence-corrected chi connectivity index (χ2v) is 7.00. The van der Waals surface area contributed by atoms with E-state index >= 15 is 0 Å². The first-order chi connectivity index (χ1) is 10.6. The maximum Gasteiger partial charge on any atom is 0.139 e. The molecular formula is C18H28O3S. The van der Waals surface area contributed by atoms with Gasteiger partial charge in [0.2, 0.25) is 0 Å². The van der Waals surface area contributed by atoms with Gasteiger partial charge >= 0.3 is 0 Å². The highest BCUT2D eigenvalue weighted by Gasteiger charge is 2.35. The zero-order valence-corrected chi connectivity index (χ0v) is 14.8. The number of thioether (sulfide) groups is 1. The topological polar surface area (TPSA) is 38.7 Å². The lowest BCUT2D eigenvalue weighted by molar-refractivity contribution is -0.00349. The summed E-state index contributed by atoms with van der Waals surface area (Å²) in [4.78, 5) is 1.07. The SMILES string of the molecule is CCOc1cc(SCC)c(OCC)c(C2(O)CCCCC2)c1. The van der Waals surface area contributed by atoms with Gasteiger partial charge in [-0.3, -0.25) is 0 Å². The summed E-state index contributed by atoms with van der Waals surface area (Å²) >= 11 is 1.74. The fourth-order valence-electron chi connectivity index (χ4n) is 3.13. The highest BCUT2D eigenvalue weighted by molar-refractivity contribution is 7.99. The summed E-state index contributed by atoms with van der Waals surface area (Å²) in [6, 6.07) is 4.03. The highest BCUT2D eigenvalue weighted by Crippen LogP contribution is 2.46. The Balaban J connectivity index is 2.51. The van der Waals surface area contributed by atoms with Gasteiger partial charge in [-0.2, -0.15) is 0 Å². The van der Waals surface area contributed by atoms with Gasteiger partial charge in [-0.05, 0) is 44.6 Å². The second-order valence-electron chi connectivity index (χ2n) is 5.69. The van der Waals surface area contributed by atoms with Gasteiger partial charge in [0.15, 0.2) is 0 Å². The van der Waals surface area contributed by atoms with E-state index in [0.29, 0.717) is 13.2 Å². The number of benzene rings is 1. The Bertz CT molecular complexity index is 481. The van der Waals surface area contributed by atoms with Gasteiger partial charge in [0.05, 0.1) is 23.7 Å². The van der Waals surface area contributed by atoms with Crippen molar-refractivity contribution in [2.24, 2.45) is 0 Å². The van der Waals surface area contributed by atoms with Gasteiger partial charge < -0.3 is 14.6 Å². The van der Waals surface area contributed by atoms with E-state index in [4.69, 9.17) is 9.47 Å². The molecule has 1 fully saturated rings. The summed E-state index contributed by atoms with van der Waals surface area (Å²) < 4.78 is 11.7. The molecule has 22 heavy (non-hydrogen) atoms. The van der Waals surface area contributed by atoms with Crippen molar-refractivity contribution in [3.8, 4) is 11.5 Å². The van der Waals surface area contributed by atoms with E-state index in [2.05, 4.69) is 6.92 Å². The van der Waals surface area contributed by atoms with Crippen LogP contribution in [-0.4, -0.2) is 24.1 Å². The van der Waals surface area contributed by atoms with E-state index in [9.17, 15) is 5.11 Å². The van der Waals surface area contributed by atoms with E-state index in [1.165, 1.54) is 6.42 Å². The van der Waals surface area contributed by atoms with E-state index in [-0.39, 0.29) is 0 Å². The van der Waals surface area contributed by atoms with Crippen molar-refractivity contribution in [2.45, 2.75) is 63.4 Å². The zero-order chi connectivity index (χ0) is 16.0. The maximum absolute atomic E-state index is 11.2. The molecule has 3 nitrogen and oxygen atoms in total. The van der Waals surface area contributed by atoms with Crippen LogP contribution in [0.1, 0.15) is 58.4 Å². The van der Waals surface area contributed by atoms with Crippen LogP contribution in [0.4, 0.5) is 0 Å². The monoisotopic (exact) mass is 324 g/mol. The third-order valence-corrected chi connectivity index (χ3v) is 5.01. The van der Waals surface area contributed by atoms with E-state index < -0.39 is 5.60 Å². The van der Waals surface area contributed by atoms with Gasteiger partial charge in [0.1, 0.15) is 11.5 Å². The van der Waals surface area contributed by atoms with Crippen LogP contribution in [0.3, 0.4) is 0 Å². The second kappa shape index (κ2) is 8.11. The van der Waals surface area contributed by atoms with Crippen LogP contribution >= 0.6 is 11.8 Å². The molecule has 0 radical (unpaired) electrons. The lowest BCUT2D eigenvalue weighted by atomic mass is 9.79. The van der Waals surface area contributed by atoms with Crippen molar-refractivity contribution in [3.05, 3.63) is 17.7 Å². The Kier molecular flexibility index (Phi) is 6.45. The molecule has 0 atom stereocenters. The van der Waals surface area contributed by atoms with Crippen molar-refractivity contribution >= 4 is 11.8 Å². The number of hydrogen-bond acceptors (Lipinski definition) is 4. The predicted molar refractivity (Wildman–Crippen MR) is 92.2 cm³/mol. The van der Waals surface area contributed by atoms with Crippen molar-refractivity contribution in [3.63, 3.8) is 0 Å². The average Bonchev–Trinajstić information content (AvgIpc) is 2.51. The molecule has 1 aliphatic carbocycles. The molecule has 124 valence electrons. The third kappa shape index (κ3) is 3.90. The van der Waals surface area contributed by atoms with Gasteiger partial charge in [0, 0.05) is 5.56 Å². The summed E-state index contributed by atoms with van der Waals surface area (Å²) in [7, 11) is 0. The molecule has 0 amide bonds. The Labute approximate surface area is 138 Å². The fraction of sp³-hybridized carbons (Fsp3) is 0.667. The van der Waals surface area contributed by atoms with Crippen LogP contribution in [0, 0.1) is 0 Å². The first-order valence-electron chi connectivity index (χ1n) is 8.44. The molecule has 0 spiro atoms. The summed E-state index contributed by atoms with van der Waals surface area (Å²) in [5.41, 5.74) is 0.134. The highest BCUT2D eigenvalue weighted by atomic mass is 32.2. The molecule has 1 aromatic carbocycles. The molecule has 1 saturated carbocycles. The molecule has 1 aliphatic rings. The fourth-order valence-corrected chi connectivity index (χ4v) is 3.95. The lowest BCUT2D eigenvalue weighted by Gasteiger charge is -2.34. The molecular weight excluding hydrogens is 296 g/mol. The number of ether oxygens (including phenoxy) is 2. The molecule has 0 aliphatic heterocycles. The largest absolute Gasteiger partial charge is 0.494 e. The van der Waals surface area contributed by atoms with Crippen molar-refractivity contribution in [2.75, 3.05) is 19.0 Å². The smallest absolute Gasteiger partial charge is 0.139 e. The molecule has 2 rings (SSSR count). The summed E-state index contributed by atoms with van der Waals surface area (Å²) in [5, 5.41) is 11.2. The van der Waals surface area contributed by atoms with Crippen LogP contribution in [0.15, 0.2) is 17.0 Å². The summed E-state index contributed by atoms with van der Waals surface area (Å²) in [5.74, 6) is 2.64. The maximum atomic E-state index is 11.2. The van der Waals surface area contributed by atoms with E-state index in [0.717, 1.165) is 53.4 Å². The number of rotatable bonds is 7. The van der Waals surface area contributed by atoms with Gasteiger partial charge in [-0.15, -0.1) is 11.8 Å². The molecule has 0 saturated heterocycles. The van der Waals surface area contributed by atoms with Crippen LogP contribution in [0.2, 0.25) is 0 Å². The molecule has 0 unspecified atom stereocenters. The van der Waals surface area contributed by atoms with Crippen molar-refractivity contribution < 1.29 is 14.6 Å². The molecule has 0 heterocycles. The lowest BCUT2D eigenvalue weighted by Crippen LogP contribution is -2.29. The van der Waals surface area contributed by atoms with Crippen LogP contribution in [0.25, 0.3) is 0 Å². The third-order valence-electron chi connectivity index (χ3n) is 4.11. The van der Waals surface area contributed by atoms with Crippen LogP contribution < -0.4 is 9.47 Å². The molecule has 1 aromatic rings. The molecule has 4 heteroatoms. The molecule has 0 bridgehead atoms. The Morgan fingerprint density at radius 1 is 1.05 bits per heavy atom. The predicted octanol–water partition coefficient (Wildman–Crippen LogP) is 4.75. The van der Waals surface area contributed by atoms with Crippen LogP contribution in [-0.2, 0) is 5.60 Å². The first kappa shape index (κ1) is 17.5. The van der Waals surface area contributed by atoms with Gasteiger partial charge in [-0.1, -0.05) is 26.2 Å². The number of aliphatic hydroxyl groups is 1. The standard InChI is InChI=1S/C18H28O3S/c1-4-20-14-12-15(18(19)10-8-7-9-11-18)17(21-5-2)16(13-14)22-6-3/h12-13,19H,4-11H2,1-3H3. The number of hydrogen-bond donors (Lipinski definition) is 1. The Morgan fingerprint density at radius 2 is 1.73 bits per heavy atom. The van der Waals surface area contributed by atoms with E-state index in [1.807, 2.05) is 26.0 Å². The van der Waals surface area contributed by atoms with E-state index in [1.54, 1.807) is 11.8 Å². The quantitative estimate of drug-likeness (QED) is 0.735. The minimum absolute atomic E-state index is 0.605. The normalized spacial score (nSPS) is 17.3. The zero-order valence-electron chi connectivity index (χ0n) is 14.0. The molecule has 1 N–H and O–H groups in total. The minimum atomic E-state index is -0.779. The van der Waals surface area contributed by atoms with Gasteiger partial charge in [0.25, 0.3) is 0 Å². The van der Waals surface area contributed by atoms with Crippen LogP contribution in [0.5, 0.6) is 11.5 Å². The minimum Gasteiger partial charge on any atom is -0.494 e. The first-order valence-corrected chi connectivity index (χ1v) is 9.42. The Hall–Kier alpha value is -0.870. The van der Waals surface area contributed by atoms with Gasteiger partial charge in [-0.25, -0.2) is 0 Å². The summed E-state index contributed by atoms with van der Waals surface area (Å²) in [6.07, 6.45) is 4.94. The Morgan fingerprint density at radius 3 is 2.32 bits per heavy atom. The molecule has 0 aromatic heterocycles. The average molecular weight is 324 g/mol. The van der Waals surface area contributed by atoms with Crippen molar-refractivity contribution in [1.29, 1.82) is 0 Å². The van der Waals surface area contributed by atoms with Crippen molar-refractivity contribution in [1.82, 2.24) is 0 Å². The summed E-state index contributed by atoms with van der Waals surface area (Å²) in [6.45, 7) is 7.34.